The Morgan fingerprint density at radius 3 is 1.44 bits per heavy atom. The maximum absolute atomic E-state index is 5.95. The second kappa shape index (κ2) is 8.66. The summed E-state index contributed by atoms with van der Waals surface area (Å²) in [6, 6.07) is 0. The van der Waals surface area contributed by atoms with Gasteiger partial charge in [-0.05, 0) is 37.5 Å². The molecule has 0 atom stereocenters. The van der Waals surface area contributed by atoms with Crippen LogP contribution < -0.4 is 0 Å². The molecule has 2 nitrogen and oxygen atoms in total. The van der Waals surface area contributed by atoms with Gasteiger partial charge in [0.05, 0.1) is 12.2 Å². The van der Waals surface area contributed by atoms with E-state index in [-0.39, 0.29) is 16.8 Å². The van der Waals surface area contributed by atoms with E-state index in [2.05, 4.69) is 12.2 Å². The third kappa shape index (κ3) is 6.25. The van der Waals surface area contributed by atoms with E-state index in [0.29, 0.717) is 12.2 Å². The first-order chi connectivity index (χ1) is 8.16. The van der Waals surface area contributed by atoms with Gasteiger partial charge in [0, 0.05) is 16.8 Å². The number of rotatable bonds is 4. The normalized spacial score (nSPS) is 23.6. The maximum Gasteiger partial charge on any atom is 0.244 e. The third-order valence-corrected chi connectivity index (χ3v) is 5.88. The van der Waals surface area contributed by atoms with E-state index < -0.39 is 5.69 Å². The molecule has 0 unspecified atom stereocenters. The van der Waals surface area contributed by atoms with Crippen molar-refractivity contribution in [2.45, 2.75) is 76.4 Å². The van der Waals surface area contributed by atoms with Crippen LogP contribution in [0.15, 0.2) is 0 Å². The summed E-state index contributed by atoms with van der Waals surface area (Å²) in [7, 11) is 0. The largest absolute Gasteiger partial charge is 0.318 e. The molecule has 109 valence electrons. The van der Waals surface area contributed by atoms with Gasteiger partial charge in [0.2, 0.25) is 5.69 Å². The molecular formula is C12H23CoO2PS2. The summed E-state index contributed by atoms with van der Waals surface area (Å²) in [5, 5.41) is 0. The van der Waals surface area contributed by atoms with Crippen LogP contribution >= 0.6 is 17.9 Å². The SMILES string of the molecule is S=P(S)(OC1CCCCC1)OC1CCCCC1.[Co]. The van der Waals surface area contributed by atoms with E-state index >= 15 is 0 Å². The number of hydrogen-bond acceptors (Lipinski definition) is 3. The zero-order valence-corrected chi connectivity index (χ0v) is 14.3. The first kappa shape index (κ1) is 17.5. The molecule has 0 N–H and O–H groups in total. The smallest absolute Gasteiger partial charge is 0.244 e. The van der Waals surface area contributed by atoms with Gasteiger partial charge in [-0.1, -0.05) is 50.8 Å². The quantitative estimate of drug-likeness (QED) is 0.576. The Morgan fingerprint density at radius 1 is 0.778 bits per heavy atom. The molecule has 0 heterocycles. The van der Waals surface area contributed by atoms with Crippen LogP contribution in [-0.4, -0.2) is 12.2 Å². The summed E-state index contributed by atoms with van der Waals surface area (Å²) in [5.74, 6) is 0. The standard InChI is InChI=1S/C12H23O2PS2.Co/c16-15(17,13-11-7-3-1-4-8-11)14-12-9-5-2-6-10-12;/h11-12H,1-10H2,(H,16,17);. The number of hydrogen-bond donors (Lipinski definition) is 1. The second-order valence-electron chi connectivity index (χ2n) is 5.20. The Labute approximate surface area is 131 Å². The summed E-state index contributed by atoms with van der Waals surface area (Å²) in [6.07, 6.45) is 12.8. The summed E-state index contributed by atoms with van der Waals surface area (Å²) >= 11 is 9.92. The van der Waals surface area contributed by atoms with Crippen LogP contribution in [0.5, 0.6) is 0 Å². The van der Waals surface area contributed by atoms with Gasteiger partial charge < -0.3 is 9.05 Å². The molecule has 0 aliphatic heterocycles. The molecule has 0 saturated heterocycles. The maximum atomic E-state index is 5.95. The fourth-order valence-corrected chi connectivity index (χ4v) is 5.50. The van der Waals surface area contributed by atoms with Crippen molar-refractivity contribution in [3.63, 3.8) is 0 Å². The Balaban J connectivity index is 0.00000162. The van der Waals surface area contributed by atoms with Crippen LogP contribution in [0.2, 0.25) is 0 Å². The van der Waals surface area contributed by atoms with Gasteiger partial charge in [-0.3, -0.25) is 0 Å². The molecule has 0 aromatic heterocycles. The van der Waals surface area contributed by atoms with Crippen LogP contribution in [0.1, 0.15) is 64.2 Å². The van der Waals surface area contributed by atoms with Crippen molar-refractivity contribution in [1.29, 1.82) is 0 Å². The van der Waals surface area contributed by atoms with E-state index in [1.54, 1.807) is 0 Å². The Morgan fingerprint density at radius 2 is 1.11 bits per heavy atom. The van der Waals surface area contributed by atoms with Crippen molar-refractivity contribution < 1.29 is 25.8 Å². The van der Waals surface area contributed by atoms with Crippen molar-refractivity contribution >= 4 is 29.7 Å². The first-order valence-electron chi connectivity index (χ1n) is 6.85. The summed E-state index contributed by atoms with van der Waals surface area (Å²) in [4.78, 5) is 0. The van der Waals surface area contributed by atoms with Crippen LogP contribution in [0.3, 0.4) is 0 Å². The van der Waals surface area contributed by atoms with Crippen molar-refractivity contribution in [2.75, 3.05) is 0 Å². The zero-order chi connectivity index (χ0) is 12.1. The molecule has 6 heteroatoms. The van der Waals surface area contributed by atoms with E-state index in [1.807, 2.05) is 0 Å². The molecule has 2 aliphatic carbocycles. The molecule has 0 bridgehead atoms. The van der Waals surface area contributed by atoms with Gasteiger partial charge in [-0.15, -0.1) is 0 Å². The van der Waals surface area contributed by atoms with Gasteiger partial charge in [-0.2, -0.15) is 0 Å². The van der Waals surface area contributed by atoms with Crippen molar-refractivity contribution in [3.05, 3.63) is 0 Å². The second-order valence-corrected chi connectivity index (χ2v) is 10.4. The van der Waals surface area contributed by atoms with Crippen LogP contribution in [-0.2, 0) is 37.6 Å². The van der Waals surface area contributed by atoms with E-state index in [9.17, 15) is 0 Å². The molecule has 0 spiro atoms. The van der Waals surface area contributed by atoms with Crippen LogP contribution in [0.4, 0.5) is 0 Å². The molecule has 2 aliphatic rings. The average molecular weight is 353 g/mol. The Bertz CT molecular complexity index is 255. The van der Waals surface area contributed by atoms with Crippen LogP contribution in [0, 0.1) is 0 Å². The molecule has 2 saturated carbocycles. The summed E-state index contributed by atoms with van der Waals surface area (Å²) in [5.41, 5.74) is -2.30. The fourth-order valence-electron chi connectivity index (χ4n) is 2.74. The average Bonchev–Trinajstić information content (AvgIpc) is 2.30. The molecule has 2 rings (SSSR count). The predicted octanol–water partition coefficient (Wildman–Crippen LogP) is 4.84. The van der Waals surface area contributed by atoms with Gasteiger partial charge in [-0.25, -0.2) is 0 Å². The van der Waals surface area contributed by atoms with Gasteiger partial charge >= 0.3 is 0 Å². The van der Waals surface area contributed by atoms with Crippen molar-refractivity contribution in [3.8, 4) is 0 Å². The van der Waals surface area contributed by atoms with E-state index in [1.165, 1.54) is 38.5 Å². The number of thiol groups is 1. The molecule has 18 heavy (non-hydrogen) atoms. The minimum Gasteiger partial charge on any atom is -0.318 e. The van der Waals surface area contributed by atoms with Crippen molar-refractivity contribution in [2.24, 2.45) is 0 Å². The first-order valence-corrected chi connectivity index (χ1v) is 10.6. The molecule has 0 aromatic carbocycles. The molecule has 0 amide bonds. The molecule has 1 radical (unpaired) electrons. The fraction of sp³-hybridized carbons (Fsp3) is 1.00. The monoisotopic (exact) mass is 353 g/mol. The van der Waals surface area contributed by atoms with Gasteiger partial charge in [0.1, 0.15) is 0 Å². The van der Waals surface area contributed by atoms with Gasteiger partial charge in [0.15, 0.2) is 0 Å². The van der Waals surface area contributed by atoms with Crippen molar-refractivity contribution in [1.82, 2.24) is 0 Å². The predicted molar refractivity (Wildman–Crippen MR) is 79.2 cm³/mol. The Hall–Kier alpha value is 1.43. The Kier molecular flexibility index (Phi) is 8.40. The van der Waals surface area contributed by atoms with E-state index in [0.717, 1.165) is 25.7 Å². The zero-order valence-electron chi connectivity index (χ0n) is 10.7. The summed E-state index contributed by atoms with van der Waals surface area (Å²) in [6.45, 7) is 0. The van der Waals surface area contributed by atoms with Crippen LogP contribution in [0.25, 0.3) is 0 Å². The third-order valence-electron chi connectivity index (χ3n) is 3.67. The summed E-state index contributed by atoms with van der Waals surface area (Å²) < 4.78 is 11.9. The van der Waals surface area contributed by atoms with Gasteiger partial charge in [0.25, 0.3) is 0 Å². The minimum absolute atomic E-state index is 0. The molecule has 2 fully saturated rings. The molecular weight excluding hydrogens is 330 g/mol. The minimum atomic E-state index is -2.30. The van der Waals surface area contributed by atoms with E-state index in [4.69, 9.17) is 20.9 Å². The topological polar surface area (TPSA) is 18.5 Å². The molecule has 0 aromatic rings.